The predicted molar refractivity (Wildman–Crippen MR) is 127 cm³/mol. The maximum atomic E-state index is 14.6. The van der Waals surface area contributed by atoms with Crippen LogP contribution in [0.4, 0.5) is 15.9 Å². The number of hydroxylamine groups is 1. The molecule has 8 heteroatoms. The Balaban J connectivity index is 0.00000149. The fourth-order valence-electron chi connectivity index (χ4n) is 4.03. The van der Waals surface area contributed by atoms with Crippen molar-refractivity contribution in [1.29, 1.82) is 0 Å². The van der Waals surface area contributed by atoms with E-state index < -0.39 is 12.7 Å². The number of hydrogen-bond donors (Lipinski definition) is 4. The lowest BCUT2D eigenvalue weighted by Gasteiger charge is -2.18. The number of nitrogens with one attached hydrogen (secondary N) is 2. The third-order valence-electron chi connectivity index (χ3n) is 5.73. The lowest BCUT2D eigenvalue weighted by Crippen LogP contribution is -2.25. The molecule has 0 spiro atoms. The van der Waals surface area contributed by atoms with Crippen LogP contribution in [-0.2, 0) is 18.3 Å². The van der Waals surface area contributed by atoms with Gasteiger partial charge in [-0.2, -0.15) is 0 Å². The fraction of sp³-hybridized carbons (Fsp3) is 0.480. The van der Waals surface area contributed by atoms with Crippen LogP contribution in [-0.4, -0.2) is 39.9 Å². The van der Waals surface area contributed by atoms with E-state index in [0.717, 1.165) is 53.6 Å². The number of aliphatic hydroxyl groups excluding tert-OH is 2. The van der Waals surface area contributed by atoms with E-state index in [0.29, 0.717) is 23.6 Å². The summed E-state index contributed by atoms with van der Waals surface area (Å²) in [5, 5.41) is 21.8. The number of anilines is 2. The van der Waals surface area contributed by atoms with Crippen molar-refractivity contribution >= 4 is 23.0 Å². The standard InChI is InChI=1S/C23H28FN3O4.C2H6/c1-13-6-9-18(17(24)10-13)25-23-20(16-4-3-5-19(30)22(16)27(23)2)21(14-7-8-14)26-31-12-15(29)11-28;1-2/h6,9-10,15,25-26,28-29H,3-5,7-8,11-12H2,1-2H3;1-2H3. The van der Waals surface area contributed by atoms with Crippen molar-refractivity contribution in [2.75, 3.05) is 18.5 Å². The predicted octanol–water partition coefficient (Wildman–Crippen LogP) is 4.14. The molecule has 0 bridgehead atoms. The molecule has 4 rings (SSSR count). The van der Waals surface area contributed by atoms with Crippen LogP contribution in [0.1, 0.15) is 66.7 Å². The number of Topliss-reactive ketones (excluding diaryl/α,β-unsaturated/α-hetero) is 1. The molecule has 1 heterocycles. The molecule has 1 aromatic carbocycles. The van der Waals surface area contributed by atoms with Crippen molar-refractivity contribution in [3.8, 4) is 0 Å². The molecule has 4 N–H and O–H groups in total. The SMILES string of the molecule is CC.Cc1ccc(Nc2c(C(NOCC(O)CO)=C3CC3)c3c(n2C)C(=O)CCC3)c(F)c1. The van der Waals surface area contributed by atoms with Gasteiger partial charge in [0.05, 0.1) is 23.7 Å². The molecule has 1 unspecified atom stereocenters. The Labute approximate surface area is 194 Å². The van der Waals surface area contributed by atoms with Crippen LogP contribution < -0.4 is 10.8 Å². The van der Waals surface area contributed by atoms with Gasteiger partial charge in [-0.3, -0.25) is 15.1 Å². The number of fused-ring (bicyclic) bond motifs is 1. The van der Waals surface area contributed by atoms with Gasteiger partial charge in [-0.25, -0.2) is 4.39 Å². The summed E-state index contributed by atoms with van der Waals surface area (Å²) in [5.74, 6) is 0.322. The van der Waals surface area contributed by atoms with Gasteiger partial charge in [-0.05, 0) is 61.4 Å². The first-order valence-corrected chi connectivity index (χ1v) is 11.6. The maximum Gasteiger partial charge on any atom is 0.179 e. The average Bonchev–Trinajstić information content (AvgIpc) is 3.61. The quantitative estimate of drug-likeness (QED) is 0.443. The molecule has 0 amide bonds. The summed E-state index contributed by atoms with van der Waals surface area (Å²) < 4.78 is 16.4. The highest BCUT2D eigenvalue weighted by Gasteiger charge is 2.33. The first-order chi connectivity index (χ1) is 15.9. The van der Waals surface area contributed by atoms with E-state index in [-0.39, 0.29) is 18.2 Å². The van der Waals surface area contributed by atoms with Crippen LogP contribution in [0, 0.1) is 12.7 Å². The van der Waals surface area contributed by atoms with Crippen LogP contribution in [0.15, 0.2) is 23.8 Å². The van der Waals surface area contributed by atoms with Gasteiger partial charge < -0.3 is 20.1 Å². The summed E-state index contributed by atoms with van der Waals surface area (Å²) in [4.78, 5) is 18.2. The summed E-state index contributed by atoms with van der Waals surface area (Å²) >= 11 is 0. The number of hydrogen-bond acceptors (Lipinski definition) is 6. The van der Waals surface area contributed by atoms with Gasteiger partial charge in [0.2, 0.25) is 0 Å². The number of ketones is 1. The highest BCUT2D eigenvalue weighted by molar-refractivity contribution is 6.01. The topological polar surface area (TPSA) is 95.8 Å². The van der Waals surface area contributed by atoms with Crippen molar-refractivity contribution < 1.29 is 24.2 Å². The Kier molecular flexibility index (Phi) is 8.29. The van der Waals surface area contributed by atoms with Gasteiger partial charge in [0, 0.05) is 19.0 Å². The molecule has 1 fully saturated rings. The third-order valence-corrected chi connectivity index (χ3v) is 5.73. The van der Waals surface area contributed by atoms with Crippen LogP contribution in [0.3, 0.4) is 0 Å². The number of rotatable bonds is 8. The van der Waals surface area contributed by atoms with Crippen molar-refractivity contribution in [1.82, 2.24) is 10.0 Å². The van der Waals surface area contributed by atoms with Gasteiger partial charge >= 0.3 is 0 Å². The van der Waals surface area contributed by atoms with Crippen molar-refractivity contribution in [2.45, 2.75) is 59.0 Å². The number of carbonyl (C=O) groups excluding carboxylic acids is 1. The highest BCUT2D eigenvalue weighted by Crippen LogP contribution is 2.43. The van der Waals surface area contributed by atoms with Gasteiger partial charge in [0.25, 0.3) is 0 Å². The number of aryl methyl sites for hydroxylation is 1. The monoisotopic (exact) mass is 459 g/mol. The summed E-state index contributed by atoms with van der Waals surface area (Å²) in [6.07, 6.45) is 2.77. The molecule has 1 atom stereocenters. The van der Waals surface area contributed by atoms with Crippen molar-refractivity contribution in [3.05, 3.63) is 52.0 Å². The molecule has 1 saturated carbocycles. The molecular weight excluding hydrogens is 425 g/mol. The molecule has 7 nitrogen and oxygen atoms in total. The van der Waals surface area contributed by atoms with Gasteiger partial charge in [0.1, 0.15) is 24.3 Å². The smallest absolute Gasteiger partial charge is 0.179 e. The molecule has 2 aromatic rings. The van der Waals surface area contributed by atoms with E-state index in [9.17, 15) is 14.3 Å². The second-order valence-electron chi connectivity index (χ2n) is 8.22. The number of halogens is 1. The second kappa shape index (κ2) is 11.0. The lowest BCUT2D eigenvalue weighted by atomic mass is 9.92. The molecule has 0 radical (unpaired) electrons. The maximum absolute atomic E-state index is 14.6. The molecular formula is C25H34FN3O4. The van der Waals surface area contributed by atoms with Gasteiger partial charge in [-0.15, -0.1) is 0 Å². The van der Waals surface area contributed by atoms with E-state index in [1.54, 1.807) is 10.6 Å². The normalized spacial score (nSPS) is 15.4. The Morgan fingerprint density at radius 1 is 1.24 bits per heavy atom. The second-order valence-corrected chi connectivity index (χ2v) is 8.22. The van der Waals surface area contributed by atoms with E-state index in [1.165, 1.54) is 6.07 Å². The molecule has 2 aliphatic carbocycles. The van der Waals surface area contributed by atoms with Crippen molar-refractivity contribution in [2.24, 2.45) is 7.05 Å². The van der Waals surface area contributed by atoms with Crippen molar-refractivity contribution in [3.63, 3.8) is 0 Å². The number of benzene rings is 1. The molecule has 0 saturated heterocycles. The average molecular weight is 460 g/mol. The number of aliphatic hydroxyl groups is 2. The molecule has 2 aliphatic rings. The van der Waals surface area contributed by atoms with Gasteiger partial charge in [0.15, 0.2) is 5.78 Å². The minimum atomic E-state index is -0.997. The number of allylic oxidation sites excluding steroid dienone is 1. The largest absolute Gasteiger partial charge is 0.394 e. The van der Waals surface area contributed by atoms with E-state index >= 15 is 0 Å². The third kappa shape index (κ3) is 5.46. The van der Waals surface area contributed by atoms with Crippen LogP contribution in [0.2, 0.25) is 0 Å². The van der Waals surface area contributed by atoms with E-state index in [2.05, 4.69) is 10.8 Å². The molecule has 180 valence electrons. The summed E-state index contributed by atoms with van der Waals surface area (Å²) in [5.41, 5.74) is 8.32. The van der Waals surface area contributed by atoms with E-state index in [1.807, 2.05) is 33.9 Å². The van der Waals surface area contributed by atoms with E-state index in [4.69, 9.17) is 9.94 Å². The Morgan fingerprint density at radius 3 is 2.61 bits per heavy atom. The number of aromatic nitrogens is 1. The number of carbonyl (C=O) groups is 1. The first kappa shape index (κ1) is 25.0. The highest BCUT2D eigenvalue weighted by atomic mass is 19.1. The minimum absolute atomic E-state index is 0.0687. The minimum Gasteiger partial charge on any atom is -0.394 e. The molecule has 0 aliphatic heterocycles. The summed E-state index contributed by atoms with van der Waals surface area (Å²) in [6, 6.07) is 4.98. The zero-order chi connectivity index (χ0) is 24.1. The Morgan fingerprint density at radius 2 is 1.97 bits per heavy atom. The van der Waals surface area contributed by atoms with Crippen LogP contribution in [0.5, 0.6) is 0 Å². The fourth-order valence-corrected chi connectivity index (χ4v) is 4.03. The Hall–Kier alpha value is -2.68. The lowest BCUT2D eigenvalue weighted by molar-refractivity contribution is -0.0190. The molecule has 33 heavy (non-hydrogen) atoms. The first-order valence-electron chi connectivity index (χ1n) is 11.6. The van der Waals surface area contributed by atoms with Crippen LogP contribution >= 0.6 is 0 Å². The number of nitrogens with zero attached hydrogens (tertiary/aromatic N) is 1. The molecule has 1 aromatic heterocycles. The van der Waals surface area contributed by atoms with Gasteiger partial charge in [-0.1, -0.05) is 19.9 Å². The summed E-state index contributed by atoms with van der Waals surface area (Å²) in [6.45, 7) is 5.34. The zero-order valence-electron chi connectivity index (χ0n) is 19.8. The zero-order valence-corrected chi connectivity index (χ0v) is 19.8. The summed E-state index contributed by atoms with van der Waals surface area (Å²) in [7, 11) is 1.81. The van der Waals surface area contributed by atoms with Crippen LogP contribution in [0.25, 0.3) is 5.70 Å². The Bertz CT molecular complexity index is 1040.